The number of hydrogen-bond donors (Lipinski definition) is 2. The highest BCUT2D eigenvalue weighted by molar-refractivity contribution is 7.99. The summed E-state index contributed by atoms with van der Waals surface area (Å²) in [5.74, 6) is -0.892. The minimum Gasteiger partial charge on any atom is -0.491 e. The van der Waals surface area contributed by atoms with Gasteiger partial charge in [0.05, 0.1) is 24.5 Å². The number of anilines is 1. The number of unbranched alkanes of at least 4 members (excludes halogenated alkanes) is 12. The Labute approximate surface area is 398 Å². The van der Waals surface area contributed by atoms with Crippen LogP contribution in [0.5, 0.6) is 11.8 Å². The molecule has 4 aromatic rings. The van der Waals surface area contributed by atoms with Gasteiger partial charge in [0, 0.05) is 24.7 Å². The van der Waals surface area contributed by atoms with Crippen LogP contribution < -0.4 is 15.7 Å². The molecule has 2 N–H and O–H groups in total. The van der Waals surface area contributed by atoms with E-state index in [9.17, 15) is 18.3 Å². The molecular weight excluding hydrogens is 871 g/mol. The number of sulfonamides is 1. The average Bonchev–Trinajstić information content (AvgIpc) is 3.51. The molecule has 0 radical (unpaired) electrons. The van der Waals surface area contributed by atoms with Gasteiger partial charge in [-0.05, 0) is 72.7 Å². The molecule has 1 amide bonds. The predicted octanol–water partition coefficient (Wildman–Crippen LogP) is 12.0. The SMILES string of the molecule is CCCCCCCCCCCCSc1ccc(C(C)(C)C)cc1NC(=O)C(C1=Nc2ccccc2S(=O)(=O)N1CCCOCCCCCC)n1c(O)c(OCC)n(Cc2ccccc2)c1=O. The number of carbonyl (C=O) groups excluding carboxylic acids is 1. The van der Waals surface area contributed by atoms with Crippen molar-refractivity contribution in [2.45, 2.75) is 166 Å². The number of rotatable bonds is 29. The van der Waals surface area contributed by atoms with Gasteiger partial charge in [0.2, 0.25) is 0 Å². The largest absolute Gasteiger partial charge is 0.491 e. The summed E-state index contributed by atoms with van der Waals surface area (Å²) in [6.45, 7) is 13.3. The summed E-state index contributed by atoms with van der Waals surface area (Å²) < 4.78 is 44.6. The number of thioether (sulfide) groups is 1. The first-order chi connectivity index (χ1) is 31.8. The summed E-state index contributed by atoms with van der Waals surface area (Å²) in [5.41, 5.74) is 1.34. The van der Waals surface area contributed by atoms with E-state index in [0.717, 1.165) is 69.2 Å². The lowest BCUT2D eigenvalue weighted by molar-refractivity contribution is -0.117. The molecule has 1 aliphatic heterocycles. The molecule has 14 heteroatoms. The monoisotopic (exact) mass is 946 g/mol. The zero-order chi connectivity index (χ0) is 47.5. The van der Waals surface area contributed by atoms with Crippen molar-refractivity contribution in [3.05, 3.63) is 94.4 Å². The van der Waals surface area contributed by atoms with Crippen LogP contribution in [0.4, 0.5) is 11.4 Å². The summed E-state index contributed by atoms with van der Waals surface area (Å²) in [6.07, 6.45) is 16.8. The molecule has 12 nitrogen and oxygen atoms in total. The number of imidazole rings is 1. The minimum atomic E-state index is -4.32. The van der Waals surface area contributed by atoms with Crippen LogP contribution in [0.15, 0.2) is 92.4 Å². The fourth-order valence-corrected chi connectivity index (χ4v) is 10.8. The van der Waals surface area contributed by atoms with Crippen LogP contribution in [0, 0.1) is 0 Å². The van der Waals surface area contributed by atoms with Gasteiger partial charge < -0.3 is 19.9 Å². The van der Waals surface area contributed by atoms with Gasteiger partial charge in [0.1, 0.15) is 4.90 Å². The fraction of sp³-hybridized carbons (Fsp3) is 0.558. The highest BCUT2D eigenvalue weighted by Gasteiger charge is 2.44. The van der Waals surface area contributed by atoms with Crippen molar-refractivity contribution in [2.24, 2.45) is 4.99 Å². The van der Waals surface area contributed by atoms with E-state index in [2.05, 4.69) is 46.0 Å². The molecule has 0 saturated heterocycles. The minimum absolute atomic E-state index is 0.0181. The van der Waals surface area contributed by atoms with E-state index < -0.39 is 33.5 Å². The smallest absolute Gasteiger partial charge is 0.335 e. The van der Waals surface area contributed by atoms with Crippen molar-refractivity contribution in [3.63, 3.8) is 0 Å². The van der Waals surface area contributed by atoms with Crippen molar-refractivity contribution in [2.75, 3.05) is 37.4 Å². The number of aromatic nitrogens is 2. The average molecular weight is 946 g/mol. The molecule has 3 aromatic carbocycles. The number of hydrogen-bond acceptors (Lipinski definition) is 9. The van der Waals surface area contributed by atoms with Crippen molar-refractivity contribution < 1.29 is 27.8 Å². The molecule has 0 spiro atoms. The number of para-hydroxylation sites is 1. The second-order valence-electron chi connectivity index (χ2n) is 18.2. The van der Waals surface area contributed by atoms with E-state index in [1.165, 1.54) is 62.0 Å². The zero-order valence-corrected chi connectivity index (χ0v) is 42.0. The molecule has 1 atom stereocenters. The Morgan fingerprint density at radius 1 is 0.803 bits per heavy atom. The van der Waals surface area contributed by atoms with Crippen molar-refractivity contribution in [3.8, 4) is 11.8 Å². The summed E-state index contributed by atoms with van der Waals surface area (Å²) >= 11 is 1.66. The molecule has 5 rings (SSSR count). The van der Waals surface area contributed by atoms with Crippen LogP contribution in [0.3, 0.4) is 0 Å². The van der Waals surface area contributed by atoms with Crippen LogP contribution in [-0.4, -0.2) is 70.8 Å². The van der Waals surface area contributed by atoms with E-state index in [1.54, 1.807) is 36.9 Å². The van der Waals surface area contributed by atoms with Crippen molar-refractivity contribution in [1.29, 1.82) is 0 Å². The lowest BCUT2D eigenvalue weighted by atomic mass is 9.87. The first kappa shape index (κ1) is 52.4. The van der Waals surface area contributed by atoms with Gasteiger partial charge in [0.15, 0.2) is 11.9 Å². The van der Waals surface area contributed by atoms with Gasteiger partial charge in [0.25, 0.3) is 27.7 Å². The van der Waals surface area contributed by atoms with E-state index in [1.807, 2.05) is 42.5 Å². The maximum Gasteiger partial charge on any atom is 0.335 e. The Morgan fingerprint density at radius 2 is 1.42 bits per heavy atom. The number of aromatic hydroxyl groups is 1. The molecule has 0 aliphatic carbocycles. The molecular formula is C52H75N5O7S2. The van der Waals surface area contributed by atoms with Crippen molar-refractivity contribution in [1.82, 2.24) is 13.4 Å². The highest BCUT2D eigenvalue weighted by Crippen LogP contribution is 2.39. The van der Waals surface area contributed by atoms with Gasteiger partial charge in [-0.25, -0.2) is 22.8 Å². The molecule has 0 bridgehead atoms. The van der Waals surface area contributed by atoms with Crippen LogP contribution >= 0.6 is 11.8 Å². The first-order valence-corrected chi connectivity index (χ1v) is 26.8. The summed E-state index contributed by atoms with van der Waals surface area (Å²) in [5, 5.41) is 15.3. The van der Waals surface area contributed by atoms with Crippen LogP contribution in [0.1, 0.15) is 155 Å². The fourth-order valence-electron chi connectivity index (χ4n) is 8.16. The number of fused-ring (bicyclic) bond motifs is 1. The van der Waals surface area contributed by atoms with E-state index in [0.29, 0.717) is 12.3 Å². The number of nitrogens with one attached hydrogen (secondary N) is 1. The molecule has 1 aliphatic rings. The number of nitrogens with zero attached hydrogens (tertiary/aromatic N) is 4. The third kappa shape index (κ3) is 14.2. The van der Waals surface area contributed by atoms with Crippen molar-refractivity contribution >= 4 is 44.9 Å². The number of aliphatic imine (C=N–C) groups is 1. The number of carbonyl (C=O) groups is 1. The van der Waals surface area contributed by atoms with Gasteiger partial charge in [-0.1, -0.05) is 160 Å². The lowest BCUT2D eigenvalue weighted by Gasteiger charge is -2.33. The quantitative estimate of drug-likeness (QED) is 0.0404. The molecule has 1 aromatic heterocycles. The van der Waals surface area contributed by atoms with Gasteiger partial charge in [-0.2, -0.15) is 0 Å². The van der Waals surface area contributed by atoms with Crippen LogP contribution in [-0.2, 0) is 31.5 Å². The summed E-state index contributed by atoms with van der Waals surface area (Å²) in [6, 6.07) is 19.9. The Kier molecular flexibility index (Phi) is 20.8. The second-order valence-corrected chi connectivity index (χ2v) is 21.2. The third-order valence-electron chi connectivity index (χ3n) is 11.9. The Morgan fingerprint density at radius 3 is 2.09 bits per heavy atom. The molecule has 1 unspecified atom stereocenters. The van der Waals surface area contributed by atoms with Crippen LogP contribution in [0.2, 0.25) is 0 Å². The molecule has 362 valence electrons. The topological polar surface area (TPSA) is 144 Å². The molecule has 0 saturated carbocycles. The van der Waals surface area contributed by atoms with Gasteiger partial charge >= 0.3 is 5.69 Å². The normalized spacial score (nSPS) is 13.9. The van der Waals surface area contributed by atoms with E-state index in [-0.39, 0.29) is 60.4 Å². The Balaban J connectivity index is 1.55. The Bertz CT molecular complexity index is 2340. The predicted molar refractivity (Wildman–Crippen MR) is 269 cm³/mol. The third-order valence-corrected chi connectivity index (χ3v) is 14.9. The highest BCUT2D eigenvalue weighted by atomic mass is 32.2. The maximum absolute atomic E-state index is 15.4. The molecule has 66 heavy (non-hydrogen) atoms. The van der Waals surface area contributed by atoms with E-state index in [4.69, 9.17) is 14.5 Å². The summed E-state index contributed by atoms with van der Waals surface area (Å²) in [4.78, 5) is 36.0. The number of benzene rings is 3. The first-order valence-electron chi connectivity index (χ1n) is 24.4. The van der Waals surface area contributed by atoms with E-state index >= 15 is 4.79 Å². The second kappa shape index (κ2) is 26.1. The van der Waals surface area contributed by atoms with Gasteiger partial charge in [-0.3, -0.25) is 13.7 Å². The maximum atomic E-state index is 15.4. The summed E-state index contributed by atoms with van der Waals surface area (Å²) in [7, 11) is -4.32. The standard InChI is InChI=1S/C52H75N5O7S2/c1-7-10-12-14-15-16-17-18-19-26-37-65-44-33-32-41(52(4,5)6)38-43(44)54-48(58)46(57-49(59)50(64-9-3)55(51(57)60)39-40-28-21-20-22-29-40)47-53-42-30-23-24-31-45(42)66(61,62)56(47)34-27-36-63-35-25-13-11-8-2/h20-24,28-33,38,46,59H,7-19,25-27,34-37,39H2,1-6H3,(H,54,58). The van der Waals surface area contributed by atoms with Gasteiger partial charge in [-0.15, -0.1) is 11.8 Å². The molecule has 0 fully saturated rings. The number of ether oxygens (including phenoxy) is 2. The Hall–Kier alpha value is -4.53. The molecule has 2 heterocycles. The lowest BCUT2D eigenvalue weighted by Crippen LogP contribution is -2.49. The van der Waals surface area contributed by atoms with Crippen LogP contribution in [0.25, 0.3) is 0 Å². The number of amides is 1. The zero-order valence-electron chi connectivity index (χ0n) is 40.4. The number of amidine groups is 1.